The van der Waals surface area contributed by atoms with Gasteiger partial charge >= 0.3 is 5.97 Å². The summed E-state index contributed by atoms with van der Waals surface area (Å²) in [5.41, 5.74) is 2.08. The van der Waals surface area contributed by atoms with Gasteiger partial charge < -0.3 is 9.72 Å². The van der Waals surface area contributed by atoms with Crippen molar-refractivity contribution >= 4 is 38.9 Å². The topological polar surface area (TPSA) is 84.9 Å². The zero-order chi connectivity index (χ0) is 19.0. The highest BCUT2D eigenvalue weighted by Gasteiger charge is 2.20. The molecule has 3 heterocycles. The molecule has 0 aliphatic heterocycles. The van der Waals surface area contributed by atoms with E-state index in [1.54, 1.807) is 13.8 Å². The zero-order valence-corrected chi connectivity index (χ0v) is 16.2. The Balaban J connectivity index is 1.53. The Morgan fingerprint density at radius 2 is 1.96 bits per heavy atom. The van der Waals surface area contributed by atoms with Gasteiger partial charge in [0.2, 0.25) is 0 Å². The standard InChI is InChI=1S/C19H15N3O3S2/c1-10-14-16(23)20-11(2)21-18(14)27-15(10)19(24)25-8-13-9-26-17(22-13)12-6-4-3-5-7-12/h3-7,9H,8H2,1-2H3,(H,20,21,23). The highest BCUT2D eigenvalue weighted by atomic mass is 32.1. The van der Waals surface area contributed by atoms with Crippen LogP contribution in [-0.2, 0) is 11.3 Å². The Hall–Kier alpha value is -2.84. The van der Waals surface area contributed by atoms with E-state index in [9.17, 15) is 9.59 Å². The molecule has 136 valence electrons. The van der Waals surface area contributed by atoms with E-state index in [1.807, 2.05) is 35.7 Å². The van der Waals surface area contributed by atoms with E-state index < -0.39 is 5.97 Å². The fourth-order valence-corrected chi connectivity index (χ4v) is 4.67. The molecule has 0 fully saturated rings. The van der Waals surface area contributed by atoms with Crippen molar-refractivity contribution in [3.63, 3.8) is 0 Å². The van der Waals surface area contributed by atoms with Gasteiger partial charge in [-0.1, -0.05) is 30.3 Å². The summed E-state index contributed by atoms with van der Waals surface area (Å²) in [5, 5.41) is 3.20. The fraction of sp³-hybridized carbons (Fsp3) is 0.158. The maximum absolute atomic E-state index is 12.5. The Bertz CT molecular complexity index is 1190. The van der Waals surface area contributed by atoms with Crippen molar-refractivity contribution in [2.75, 3.05) is 0 Å². The lowest BCUT2D eigenvalue weighted by molar-refractivity contribution is 0.0473. The number of thiazole rings is 1. The lowest BCUT2D eigenvalue weighted by Crippen LogP contribution is -2.10. The zero-order valence-electron chi connectivity index (χ0n) is 14.6. The van der Waals surface area contributed by atoms with E-state index in [-0.39, 0.29) is 12.2 Å². The molecule has 0 saturated heterocycles. The molecular weight excluding hydrogens is 382 g/mol. The minimum atomic E-state index is -0.471. The van der Waals surface area contributed by atoms with Crippen LogP contribution in [0.15, 0.2) is 40.5 Å². The minimum Gasteiger partial charge on any atom is -0.455 e. The average molecular weight is 397 g/mol. The second-order valence-electron chi connectivity index (χ2n) is 5.97. The number of aryl methyl sites for hydroxylation is 2. The maximum Gasteiger partial charge on any atom is 0.349 e. The third-order valence-electron chi connectivity index (χ3n) is 4.03. The summed E-state index contributed by atoms with van der Waals surface area (Å²) in [6.07, 6.45) is 0. The summed E-state index contributed by atoms with van der Waals surface area (Å²) >= 11 is 2.68. The van der Waals surface area contributed by atoms with Crippen LogP contribution in [0, 0.1) is 13.8 Å². The number of hydrogen-bond donors (Lipinski definition) is 1. The van der Waals surface area contributed by atoms with Gasteiger partial charge in [0.05, 0.1) is 11.1 Å². The lowest BCUT2D eigenvalue weighted by Gasteiger charge is -2.01. The number of thiophene rings is 1. The number of ether oxygens (including phenoxy) is 1. The molecule has 4 aromatic rings. The largest absolute Gasteiger partial charge is 0.455 e. The maximum atomic E-state index is 12.5. The number of benzene rings is 1. The highest BCUT2D eigenvalue weighted by molar-refractivity contribution is 7.20. The van der Waals surface area contributed by atoms with Crippen LogP contribution in [0.4, 0.5) is 0 Å². The minimum absolute atomic E-state index is 0.0820. The number of aromatic amines is 1. The number of fused-ring (bicyclic) bond motifs is 1. The molecule has 0 saturated carbocycles. The molecule has 0 amide bonds. The molecule has 3 aromatic heterocycles. The van der Waals surface area contributed by atoms with Gasteiger partial charge in [0.25, 0.3) is 5.56 Å². The van der Waals surface area contributed by atoms with Gasteiger partial charge in [0.1, 0.15) is 27.1 Å². The number of H-pyrrole nitrogens is 1. The number of aromatic nitrogens is 3. The molecule has 0 atom stereocenters. The molecule has 1 aromatic carbocycles. The van der Waals surface area contributed by atoms with Crippen LogP contribution in [0.5, 0.6) is 0 Å². The van der Waals surface area contributed by atoms with Crippen LogP contribution in [0.3, 0.4) is 0 Å². The van der Waals surface area contributed by atoms with Crippen molar-refractivity contribution in [2.24, 2.45) is 0 Å². The number of hydrogen-bond acceptors (Lipinski definition) is 7. The first-order chi connectivity index (χ1) is 13.0. The van der Waals surface area contributed by atoms with Crippen molar-refractivity contribution in [3.8, 4) is 10.6 Å². The van der Waals surface area contributed by atoms with Crippen molar-refractivity contribution in [1.29, 1.82) is 0 Å². The predicted octanol–water partition coefficient (Wildman–Crippen LogP) is 4.08. The highest BCUT2D eigenvalue weighted by Crippen LogP contribution is 2.28. The molecule has 4 rings (SSSR count). The Morgan fingerprint density at radius 1 is 1.19 bits per heavy atom. The lowest BCUT2D eigenvalue weighted by atomic mass is 10.2. The molecule has 0 spiro atoms. The van der Waals surface area contributed by atoms with Gasteiger partial charge in [0, 0.05) is 10.9 Å². The molecule has 6 nitrogen and oxygen atoms in total. The van der Waals surface area contributed by atoms with Crippen LogP contribution >= 0.6 is 22.7 Å². The van der Waals surface area contributed by atoms with Gasteiger partial charge in [-0.05, 0) is 19.4 Å². The SMILES string of the molecule is Cc1nc2sc(C(=O)OCc3csc(-c4ccccc4)n3)c(C)c2c(=O)[nH]1. The number of carbonyl (C=O) groups is 1. The van der Waals surface area contributed by atoms with E-state index in [1.165, 1.54) is 22.7 Å². The van der Waals surface area contributed by atoms with E-state index in [2.05, 4.69) is 15.0 Å². The van der Waals surface area contributed by atoms with E-state index >= 15 is 0 Å². The number of nitrogens with zero attached hydrogens (tertiary/aromatic N) is 2. The molecule has 0 bridgehead atoms. The summed E-state index contributed by atoms with van der Waals surface area (Å²) in [6, 6.07) is 9.84. The van der Waals surface area contributed by atoms with Crippen LogP contribution in [-0.4, -0.2) is 20.9 Å². The molecule has 0 aliphatic rings. The van der Waals surface area contributed by atoms with Gasteiger partial charge in [-0.25, -0.2) is 14.8 Å². The van der Waals surface area contributed by atoms with Crippen LogP contribution in [0.25, 0.3) is 20.8 Å². The summed E-state index contributed by atoms with van der Waals surface area (Å²) in [7, 11) is 0. The number of carbonyl (C=O) groups excluding carboxylic acids is 1. The van der Waals surface area contributed by atoms with Crippen LogP contribution in [0.1, 0.15) is 26.8 Å². The molecule has 1 N–H and O–H groups in total. The van der Waals surface area contributed by atoms with Gasteiger partial charge in [-0.3, -0.25) is 4.79 Å². The van der Waals surface area contributed by atoms with E-state index in [4.69, 9.17) is 4.74 Å². The molecule has 27 heavy (non-hydrogen) atoms. The normalized spacial score (nSPS) is 11.0. The quantitative estimate of drug-likeness (QED) is 0.525. The smallest absolute Gasteiger partial charge is 0.349 e. The predicted molar refractivity (Wildman–Crippen MR) is 106 cm³/mol. The van der Waals surface area contributed by atoms with Crippen molar-refractivity contribution < 1.29 is 9.53 Å². The third-order valence-corrected chi connectivity index (χ3v) is 6.13. The molecular formula is C19H15N3O3S2. The summed E-state index contributed by atoms with van der Waals surface area (Å²) in [5.74, 6) is 0.0476. The first-order valence-corrected chi connectivity index (χ1v) is 9.89. The molecule has 0 unspecified atom stereocenters. The average Bonchev–Trinajstić information content (AvgIpc) is 3.25. The van der Waals surface area contributed by atoms with E-state index in [0.717, 1.165) is 10.6 Å². The number of esters is 1. The summed E-state index contributed by atoms with van der Waals surface area (Å²) in [4.78, 5) is 37.0. The van der Waals surface area contributed by atoms with Gasteiger partial charge in [0.15, 0.2) is 0 Å². The Morgan fingerprint density at radius 3 is 2.74 bits per heavy atom. The molecule has 0 radical (unpaired) electrons. The first kappa shape index (κ1) is 17.6. The van der Waals surface area contributed by atoms with Crippen LogP contribution in [0.2, 0.25) is 0 Å². The Kier molecular flexibility index (Phi) is 4.59. The number of rotatable bonds is 4. The van der Waals surface area contributed by atoms with Crippen molar-refractivity contribution in [2.45, 2.75) is 20.5 Å². The fourth-order valence-electron chi connectivity index (χ4n) is 2.74. The van der Waals surface area contributed by atoms with E-state index in [0.29, 0.717) is 32.2 Å². The second-order valence-corrected chi connectivity index (χ2v) is 7.83. The van der Waals surface area contributed by atoms with Gasteiger partial charge in [-0.15, -0.1) is 22.7 Å². The summed E-state index contributed by atoms with van der Waals surface area (Å²) < 4.78 is 5.42. The molecule has 8 heteroatoms. The first-order valence-electron chi connectivity index (χ1n) is 8.20. The van der Waals surface area contributed by atoms with Crippen LogP contribution < -0.4 is 5.56 Å². The van der Waals surface area contributed by atoms with Crippen molar-refractivity contribution in [1.82, 2.24) is 15.0 Å². The summed E-state index contributed by atoms with van der Waals surface area (Å²) in [6.45, 7) is 3.52. The van der Waals surface area contributed by atoms with Crippen molar-refractivity contribution in [3.05, 3.63) is 68.0 Å². The third kappa shape index (κ3) is 3.41. The van der Waals surface area contributed by atoms with Gasteiger partial charge in [-0.2, -0.15) is 0 Å². The Labute approximate surface area is 162 Å². The second kappa shape index (κ2) is 7.05. The number of nitrogens with one attached hydrogen (secondary N) is 1. The molecule has 0 aliphatic carbocycles. The monoisotopic (exact) mass is 397 g/mol.